The Hall–Kier alpha value is -0.920. The van der Waals surface area contributed by atoms with E-state index >= 15 is 0 Å². The van der Waals surface area contributed by atoms with Gasteiger partial charge in [0.2, 0.25) is 5.60 Å². The smallest absolute Gasteiger partial charge is 0.349 e. The van der Waals surface area contributed by atoms with Crippen molar-refractivity contribution in [2.75, 3.05) is 13.1 Å². The molecule has 3 rings (SSSR count). The monoisotopic (exact) mass is 359 g/mol. The summed E-state index contributed by atoms with van der Waals surface area (Å²) in [6.07, 6.45) is 1.46. The van der Waals surface area contributed by atoms with E-state index in [0.29, 0.717) is 9.75 Å². The van der Waals surface area contributed by atoms with Gasteiger partial charge in [0, 0.05) is 0 Å². The summed E-state index contributed by atoms with van der Waals surface area (Å²) in [4.78, 5) is 13.9. The van der Waals surface area contributed by atoms with Crippen LogP contribution < -0.4 is 5.32 Å². The highest BCUT2D eigenvalue weighted by atomic mass is 35.5. The first-order chi connectivity index (χ1) is 10.2. The van der Waals surface area contributed by atoms with Crippen LogP contribution >= 0.6 is 35.1 Å². The molecule has 1 aliphatic heterocycles. The van der Waals surface area contributed by atoms with E-state index in [1.54, 1.807) is 12.1 Å². The molecule has 2 aromatic rings. The van der Waals surface area contributed by atoms with Crippen molar-refractivity contribution in [2.45, 2.75) is 24.5 Å². The van der Waals surface area contributed by atoms with Gasteiger partial charge in [0.25, 0.3) is 0 Å². The lowest BCUT2D eigenvalue weighted by atomic mass is 9.99. The zero-order valence-electron chi connectivity index (χ0n) is 11.9. The lowest BCUT2D eigenvalue weighted by molar-refractivity contribution is -0.168. The van der Waals surface area contributed by atoms with Gasteiger partial charge >= 0.3 is 5.97 Å². The first-order valence-corrected chi connectivity index (χ1v) is 8.69. The van der Waals surface area contributed by atoms with Crippen LogP contribution in [-0.2, 0) is 15.1 Å². The lowest BCUT2D eigenvalue weighted by Crippen LogP contribution is -2.42. The zero-order chi connectivity index (χ0) is 14.7. The molecule has 1 fully saturated rings. The van der Waals surface area contributed by atoms with Crippen LogP contribution in [0.15, 0.2) is 35.0 Å². The largest absolute Gasteiger partial charge is 0.460 e. The van der Waals surface area contributed by atoms with Gasteiger partial charge in [-0.25, -0.2) is 4.79 Å². The number of carbonyl (C=O) groups is 1. The Morgan fingerprint density at radius 3 is 2.18 bits per heavy atom. The lowest BCUT2D eigenvalue weighted by Gasteiger charge is -2.29. The van der Waals surface area contributed by atoms with Gasteiger partial charge in [0.15, 0.2) is 0 Å². The van der Waals surface area contributed by atoms with Crippen molar-refractivity contribution in [2.24, 2.45) is 0 Å². The molecule has 120 valence electrons. The quantitative estimate of drug-likeness (QED) is 0.824. The third-order valence-electron chi connectivity index (χ3n) is 3.61. The van der Waals surface area contributed by atoms with Gasteiger partial charge in [-0.1, -0.05) is 12.1 Å². The Morgan fingerprint density at radius 1 is 1.18 bits per heavy atom. The SMILES string of the molecule is Cl.O=C(OC1CCNCC1)C(O)(c1cccs1)c1cccs1. The maximum absolute atomic E-state index is 12.7. The number of nitrogens with one attached hydrogen (secondary N) is 1. The van der Waals surface area contributed by atoms with Gasteiger partial charge in [-0.15, -0.1) is 35.1 Å². The fourth-order valence-corrected chi connectivity index (χ4v) is 4.16. The molecule has 0 bridgehead atoms. The van der Waals surface area contributed by atoms with Crippen molar-refractivity contribution in [3.63, 3.8) is 0 Å². The Bertz CT molecular complexity index is 546. The fraction of sp³-hybridized carbons (Fsp3) is 0.400. The number of hydrogen-bond donors (Lipinski definition) is 2. The molecule has 1 aliphatic rings. The minimum atomic E-state index is -1.69. The van der Waals surface area contributed by atoms with E-state index in [9.17, 15) is 9.90 Å². The van der Waals surface area contributed by atoms with Crippen molar-refractivity contribution in [1.82, 2.24) is 5.32 Å². The van der Waals surface area contributed by atoms with Gasteiger partial charge in [-0.2, -0.15) is 0 Å². The number of piperidine rings is 1. The molecule has 0 atom stereocenters. The van der Waals surface area contributed by atoms with Crippen LogP contribution in [0.4, 0.5) is 0 Å². The van der Waals surface area contributed by atoms with E-state index in [1.165, 1.54) is 22.7 Å². The molecule has 2 N–H and O–H groups in total. The van der Waals surface area contributed by atoms with Gasteiger partial charge in [-0.05, 0) is 48.8 Å². The summed E-state index contributed by atoms with van der Waals surface area (Å²) in [6.45, 7) is 1.68. The number of rotatable bonds is 4. The predicted octanol–water partition coefficient (Wildman–Crippen LogP) is 2.76. The molecule has 0 aliphatic carbocycles. The summed E-state index contributed by atoms with van der Waals surface area (Å²) >= 11 is 2.72. The molecular formula is C15H18ClNO3S2. The Kier molecular flexibility index (Phi) is 6.00. The molecule has 0 aromatic carbocycles. The first-order valence-electron chi connectivity index (χ1n) is 6.93. The average Bonchev–Trinajstić information content (AvgIpc) is 3.21. The molecule has 7 heteroatoms. The maximum atomic E-state index is 12.7. The molecule has 2 aromatic heterocycles. The van der Waals surface area contributed by atoms with Crippen LogP contribution in [0.3, 0.4) is 0 Å². The third kappa shape index (κ3) is 3.36. The van der Waals surface area contributed by atoms with E-state index in [-0.39, 0.29) is 18.5 Å². The second-order valence-electron chi connectivity index (χ2n) is 5.02. The van der Waals surface area contributed by atoms with Crippen molar-refractivity contribution in [1.29, 1.82) is 0 Å². The van der Waals surface area contributed by atoms with Crippen LogP contribution in [0.25, 0.3) is 0 Å². The number of halogens is 1. The highest BCUT2D eigenvalue weighted by Gasteiger charge is 2.44. The number of hydrogen-bond acceptors (Lipinski definition) is 6. The van der Waals surface area contributed by atoms with E-state index in [2.05, 4.69) is 5.32 Å². The molecule has 0 spiro atoms. The summed E-state index contributed by atoms with van der Waals surface area (Å²) in [6, 6.07) is 7.20. The molecule has 3 heterocycles. The summed E-state index contributed by atoms with van der Waals surface area (Å²) in [5.74, 6) is -0.570. The van der Waals surface area contributed by atoms with Crippen LogP contribution in [0.5, 0.6) is 0 Å². The van der Waals surface area contributed by atoms with Gasteiger partial charge < -0.3 is 15.2 Å². The zero-order valence-corrected chi connectivity index (χ0v) is 14.3. The van der Waals surface area contributed by atoms with Crippen LogP contribution in [0, 0.1) is 0 Å². The van der Waals surface area contributed by atoms with Crippen molar-refractivity contribution in [3.8, 4) is 0 Å². The minimum Gasteiger partial charge on any atom is -0.460 e. The van der Waals surface area contributed by atoms with Gasteiger partial charge in [0.05, 0.1) is 9.75 Å². The number of thiophene rings is 2. The third-order valence-corrected chi connectivity index (χ3v) is 5.57. The van der Waals surface area contributed by atoms with E-state index in [0.717, 1.165) is 25.9 Å². The number of esters is 1. The molecule has 0 saturated carbocycles. The number of carbonyl (C=O) groups excluding carboxylic acids is 1. The molecule has 1 saturated heterocycles. The highest BCUT2D eigenvalue weighted by molar-refractivity contribution is 7.12. The van der Waals surface area contributed by atoms with Gasteiger partial charge in [-0.3, -0.25) is 0 Å². The molecule has 0 amide bonds. The van der Waals surface area contributed by atoms with E-state index in [1.807, 2.05) is 22.9 Å². The average molecular weight is 360 g/mol. The Labute approximate surface area is 143 Å². The fourth-order valence-electron chi connectivity index (χ4n) is 2.44. The van der Waals surface area contributed by atoms with Crippen molar-refractivity contribution < 1.29 is 14.6 Å². The molecule has 22 heavy (non-hydrogen) atoms. The topological polar surface area (TPSA) is 58.6 Å². The van der Waals surface area contributed by atoms with E-state index in [4.69, 9.17) is 4.74 Å². The Balaban J connectivity index is 0.00000176. The number of ether oxygens (including phenoxy) is 1. The predicted molar refractivity (Wildman–Crippen MR) is 90.9 cm³/mol. The minimum absolute atomic E-state index is 0. The van der Waals surface area contributed by atoms with Crippen LogP contribution in [0.2, 0.25) is 0 Å². The normalized spacial score (nSPS) is 16.0. The maximum Gasteiger partial charge on any atom is 0.349 e. The first kappa shape index (κ1) is 17.4. The van der Waals surface area contributed by atoms with Crippen LogP contribution in [0.1, 0.15) is 22.6 Å². The number of aliphatic hydroxyl groups is 1. The standard InChI is InChI=1S/C15H17NO3S2.ClH/c17-14(19-11-5-7-16-8-6-11)15(18,12-3-1-9-20-12)13-4-2-10-21-13;/h1-4,9-11,16,18H,5-8H2;1H. The van der Waals surface area contributed by atoms with E-state index < -0.39 is 11.6 Å². The molecular weight excluding hydrogens is 342 g/mol. The van der Waals surface area contributed by atoms with Crippen LogP contribution in [-0.4, -0.2) is 30.3 Å². The van der Waals surface area contributed by atoms with Crippen molar-refractivity contribution >= 4 is 41.0 Å². The summed E-state index contributed by atoms with van der Waals surface area (Å²) in [5.41, 5.74) is -1.69. The second-order valence-corrected chi connectivity index (χ2v) is 6.92. The summed E-state index contributed by atoms with van der Waals surface area (Å²) in [5, 5.41) is 18.0. The molecule has 0 unspecified atom stereocenters. The molecule has 0 radical (unpaired) electrons. The summed E-state index contributed by atoms with van der Waals surface area (Å²) in [7, 11) is 0. The second kappa shape index (κ2) is 7.57. The summed E-state index contributed by atoms with van der Waals surface area (Å²) < 4.78 is 5.59. The van der Waals surface area contributed by atoms with Crippen molar-refractivity contribution in [3.05, 3.63) is 44.8 Å². The van der Waals surface area contributed by atoms with Gasteiger partial charge in [0.1, 0.15) is 6.10 Å². The molecule has 4 nitrogen and oxygen atoms in total. The Morgan fingerprint density at radius 2 is 1.73 bits per heavy atom. The highest BCUT2D eigenvalue weighted by Crippen LogP contribution is 2.37.